The van der Waals surface area contributed by atoms with Gasteiger partial charge in [-0.1, -0.05) is 0 Å². The van der Waals surface area contributed by atoms with E-state index in [2.05, 4.69) is 4.99 Å². The minimum atomic E-state index is -0.525. The number of hydrogen-bond acceptors (Lipinski definition) is 3. The molecule has 0 saturated heterocycles. The van der Waals surface area contributed by atoms with Crippen molar-refractivity contribution in [2.75, 3.05) is 5.73 Å². The van der Waals surface area contributed by atoms with Gasteiger partial charge in [0.2, 0.25) is 5.88 Å². The Balaban J connectivity index is 2.23. The lowest BCUT2D eigenvalue weighted by Gasteiger charge is -2.20. The number of fused-ring (bicyclic) bond motifs is 1. The molecule has 0 bridgehead atoms. The number of nitrogen functional groups attached to an aromatic ring is 1. The first kappa shape index (κ1) is 13.3. The molecule has 0 radical (unpaired) electrons. The molecule has 2 aromatic rings. The summed E-state index contributed by atoms with van der Waals surface area (Å²) in [5.41, 5.74) is 7.13. The van der Waals surface area contributed by atoms with Crippen LogP contribution in [0.4, 0.5) is 14.5 Å². The number of benzene rings is 2. The number of aliphatic imine (C=N–C) groups is 1. The van der Waals surface area contributed by atoms with E-state index in [0.717, 1.165) is 0 Å². The molecule has 21 heavy (non-hydrogen) atoms. The van der Waals surface area contributed by atoms with Crippen LogP contribution in [0.25, 0.3) is 0 Å². The fraction of sp³-hybridized carbons (Fsp3) is 0.0625. The van der Waals surface area contributed by atoms with Crippen LogP contribution in [0.3, 0.4) is 0 Å². The third-order valence-electron chi connectivity index (χ3n) is 3.11. The summed E-state index contributed by atoms with van der Waals surface area (Å²) in [6.07, 6.45) is 1.66. The molecule has 0 unspecified atom stereocenters. The standard InChI is InChI=1S/C16H12F2N2O/c1-2-14-20-16(9-3-5-10(17)6-4-9)15-12(18)7-11(19)8-13(15)21-14/h2-8H,19H2,1H3/b14-2-. The van der Waals surface area contributed by atoms with Gasteiger partial charge >= 0.3 is 0 Å². The molecule has 0 aliphatic carbocycles. The zero-order chi connectivity index (χ0) is 15.0. The van der Waals surface area contributed by atoms with Crippen LogP contribution in [-0.4, -0.2) is 5.71 Å². The van der Waals surface area contributed by atoms with Gasteiger partial charge in [0.25, 0.3) is 0 Å². The van der Waals surface area contributed by atoms with Crippen molar-refractivity contribution in [2.24, 2.45) is 4.99 Å². The number of allylic oxidation sites excluding steroid dienone is 1. The van der Waals surface area contributed by atoms with E-state index >= 15 is 0 Å². The smallest absolute Gasteiger partial charge is 0.215 e. The van der Waals surface area contributed by atoms with Crippen molar-refractivity contribution >= 4 is 11.4 Å². The van der Waals surface area contributed by atoms with Gasteiger partial charge in [0, 0.05) is 17.3 Å². The summed E-state index contributed by atoms with van der Waals surface area (Å²) in [5, 5.41) is 0. The number of ether oxygens (including phenoxy) is 1. The van der Waals surface area contributed by atoms with Crippen molar-refractivity contribution in [1.82, 2.24) is 0 Å². The Kier molecular flexibility index (Phi) is 3.17. The maximum absolute atomic E-state index is 14.2. The second-order valence-electron chi connectivity index (χ2n) is 4.57. The van der Waals surface area contributed by atoms with Crippen LogP contribution in [0.2, 0.25) is 0 Å². The lowest BCUT2D eigenvalue weighted by molar-refractivity contribution is 0.409. The Bertz CT molecular complexity index is 765. The Morgan fingerprint density at radius 3 is 2.52 bits per heavy atom. The minimum absolute atomic E-state index is 0.224. The molecular formula is C16H12F2N2O. The first-order valence-corrected chi connectivity index (χ1v) is 6.36. The zero-order valence-electron chi connectivity index (χ0n) is 11.2. The van der Waals surface area contributed by atoms with E-state index in [1.54, 1.807) is 31.2 Å². The normalized spacial score (nSPS) is 15.4. The molecule has 0 aromatic heterocycles. The lowest BCUT2D eigenvalue weighted by atomic mass is 9.99. The summed E-state index contributed by atoms with van der Waals surface area (Å²) in [4.78, 5) is 4.28. The summed E-state index contributed by atoms with van der Waals surface area (Å²) in [6.45, 7) is 1.76. The topological polar surface area (TPSA) is 47.6 Å². The average Bonchev–Trinajstić information content (AvgIpc) is 2.46. The molecule has 0 amide bonds. The van der Waals surface area contributed by atoms with Gasteiger partial charge in [-0.2, -0.15) is 0 Å². The highest BCUT2D eigenvalue weighted by Crippen LogP contribution is 2.33. The lowest BCUT2D eigenvalue weighted by Crippen LogP contribution is -2.15. The van der Waals surface area contributed by atoms with E-state index in [9.17, 15) is 8.78 Å². The first-order valence-electron chi connectivity index (χ1n) is 6.36. The molecule has 106 valence electrons. The van der Waals surface area contributed by atoms with E-state index in [0.29, 0.717) is 22.9 Å². The maximum Gasteiger partial charge on any atom is 0.215 e. The van der Waals surface area contributed by atoms with Crippen LogP contribution in [0.15, 0.2) is 53.3 Å². The Morgan fingerprint density at radius 2 is 1.86 bits per heavy atom. The van der Waals surface area contributed by atoms with Crippen LogP contribution in [0.5, 0.6) is 5.75 Å². The molecule has 0 fully saturated rings. The minimum Gasteiger partial charge on any atom is -0.438 e. The number of hydrogen-bond donors (Lipinski definition) is 1. The predicted molar refractivity (Wildman–Crippen MR) is 77.2 cm³/mol. The van der Waals surface area contributed by atoms with E-state index in [1.165, 1.54) is 18.2 Å². The van der Waals surface area contributed by atoms with Crippen molar-refractivity contribution < 1.29 is 13.5 Å². The van der Waals surface area contributed by atoms with Crippen LogP contribution >= 0.6 is 0 Å². The van der Waals surface area contributed by atoms with Crippen molar-refractivity contribution in [3.05, 3.63) is 71.1 Å². The highest BCUT2D eigenvalue weighted by molar-refractivity contribution is 6.15. The van der Waals surface area contributed by atoms with E-state index < -0.39 is 5.82 Å². The third-order valence-corrected chi connectivity index (χ3v) is 3.11. The van der Waals surface area contributed by atoms with Crippen LogP contribution in [-0.2, 0) is 0 Å². The van der Waals surface area contributed by atoms with Crippen molar-refractivity contribution in [3.63, 3.8) is 0 Å². The van der Waals surface area contributed by atoms with Gasteiger partial charge in [-0.3, -0.25) is 0 Å². The number of nitrogens with two attached hydrogens (primary N) is 1. The highest BCUT2D eigenvalue weighted by Gasteiger charge is 2.24. The molecule has 0 spiro atoms. The maximum atomic E-state index is 14.2. The number of nitrogens with zero attached hydrogens (tertiary/aromatic N) is 1. The fourth-order valence-electron chi connectivity index (χ4n) is 2.15. The zero-order valence-corrected chi connectivity index (χ0v) is 11.2. The molecule has 3 nitrogen and oxygen atoms in total. The second kappa shape index (κ2) is 5.01. The molecule has 1 aliphatic rings. The quantitative estimate of drug-likeness (QED) is 0.814. The molecule has 0 saturated carbocycles. The molecule has 5 heteroatoms. The van der Waals surface area contributed by atoms with Gasteiger partial charge in [0.15, 0.2) is 0 Å². The van der Waals surface area contributed by atoms with Gasteiger partial charge in [-0.15, -0.1) is 0 Å². The van der Waals surface area contributed by atoms with Crippen LogP contribution in [0, 0.1) is 11.6 Å². The molecule has 1 heterocycles. The first-order chi connectivity index (χ1) is 10.1. The van der Waals surface area contributed by atoms with Gasteiger partial charge < -0.3 is 10.5 Å². The molecular weight excluding hydrogens is 274 g/mol. The molecule has 3 rings (SSSR count). The number of halogens is 2. The van der Waals surface area contributed by atoms with Crippen LogP contribution < -0.4 is 10.5 Å². The number of rotatable bonds is 1. The summed E-state index contributed by atoms with van der Waals surface area (Å²) in [5.74, 6) is -0.249. The summed E-state index contributed by atoms with van der Waals surface area (Å²) in [7, 11) is 0. The Labute approximate surface area is 120 Å². The van der Waals surface area contributed by atoms with Gasteiger partial charge in [0.1, 0.15) is 17.4 Å². The van der Waals surface area contributed by atoms with Crippen molar-refractivity contribution in [2.45, 2.75) is 6.92 Å². The van der Waals surface area contributed by atoms with E-state index in [1.807, 2.05) is 0 Å². The Morgan fingerprint density at radius 1 is 1.14 bits per heavy atom. The number of anilines is 1. The largest absolute Gasteiger partial charge is 0.438 e. The van der Waals surface area contributed by atoms with Gasteiger partial charge in [-0.05, 0) is 43.3 Å². The summed E-state index contributed by atoms with van der Waals surface area (Å²) >= 11 is 0. The van der Waals surface area contributed by atoms with Crippen LogP contribution in [0.1, 0.15) is 18.1 Å². The Hall–Kier alpha value is -2.69. The van der Waals surface area contributed by atoms with E-state index in [4.69, 9.17) is 10.5 Å². The van der Waals surface area contributed by atoms with E-state index in [-0.39, 0.29) is 17.1 Å². The van der Waals surface area contributed by atoms with Crippen molar-refractivity contribution in [3.8, 4) is 5.75 Å². The van der Waals surface area contributed by atoms with Gasteiger partial charge in [-0.25, -0.2) is 13.8 Å². The fourth-order valence-corrected chi connectivity index (χ4v) is 2.15. The van der Waals surface area contributed by atoms with Crippen molar-refractivity contribution in [1.29, 1.82) is 0 Å². The predicted octanol–water partition coefficient (Wildman–Crippen LogP) is 3.64. The second-order valence-corrected chi connectivity index (χ2v) is 4.57. The summed E-state index contributed by atoms with van der Waals surface area (Å²) < 4.78 is 32.8. The third kappa shape index (κ3) is 2.38. The molecule has 0 atom stereocenters. The SMILES string of the molecule is C/C=C1/N=C(c2ccc(F)cc2)c2c(F)cc(N)cc2O1. The molecule has 2 N–H and O–H groups in total. The average molecular weight is 286 g/mol. The molecule has 2 aromatic carbocycles. The summed E-state index contributed by atoms with van der Waals surface area (Å²) in [6, 6.07) is 8.45. The highest BCUT2D eigenvalue weighted by atomic mass is 19.1. The molecule has 1 aliphatic heterocycles. The van der Waals surface area contributed by atoms with Gasteiger partial charge in [0.05, 0.1) is 11.3 Å². The monoisotopic (exact) mass is 286 g/mol.